The normalized spacial score (nSPS) is 23.0. The van der Waals surface area contributed by atoms with Gasteiger partial charge in [-0.1, -0.05) is 91.0 Å². The van der Waals surface area contributed by atoms with Gasteiger partial charge in [0.1, 0.15) is 6.04 Å². The summed E-state index contributed by atoms with van der Waals surface area (Å²) in [5.41, 5.74) is 3.27. The molecule has 2 fully saturated rings. The number of ether oxygens (including phenoxy) is 1. The molecular formula is C29H28N2O5S. The molecule has 3 aromatic carbocycles. The minimum absolute atomic E-state index is 0.0995. The molecule has 7 nitrogen and oxygen atoms in total. The van der Waals surface area contributed by atoms with Crippen molar-refractivity contribution in [2.75, 3.05) is 7.11 Å². The number of nitrogens with one attached hydrogen (secondary N) is 1. The van der Waals surface area contributed by atoms with Crippen LogP contribution in [0, 0.1) is 5.92 Å². The molecule has 0 radical (unpaired) electrons. The molecule has 4 atom stereocenters. The summed E-state index contributed by atoms with van der Waals surface area (Å²) in [6.07, 6.45) is -0.631. The molecule has 2 heterocycles. The van der Waals surface area contributed by atoms with Crippen LogP contribution < -0.4 is 5.32 Å². The summed E-state index contributed by atoms with van der Waals surface area (Å²) in [5, 5.41) is 4.03. The quantitative estimate of drug-likeness (QED) is 0.264. The van der Waals surface area contributed by atoms with Crippen molar-refractivity contribution in [2.24, 2.45) is 5.92 Å². The highest BCUT2D eigenvalue weighted by atomic mass is 32.2. The third-order valence-corrected chi connectivity index (χ3v) is 8.69. The van der Waals surface area contributed by atoms with Gasteiger partial charge in [0, 0.05) is 6.92 Å². The number of rotatable bonds is 9. The third kappa shape index (κ3) is 4.51. The number of hydrogen-bond acceptors (Lipinski definition) is 6. The monoisotopic (exact) mass is 516 g/mol. The molecule has 190 valence electrons. The van der Waals surface area contributed by atoms with Crippen LogP contribution in [-0.2, 0) is 28.7 Å². The van der Waals surface area contributed by atoms with Gasteiger partial charge in [-0.2, -0.15) is 0 Å². The van der Waals surface area contributed by atoms with E-state index >= 15 is 0 Å². The average molecular weight is 517 g/mol. The Morgan fingerprint density at radius 3 is 1.78 bits per heavy atom. The van der Waals surface area contributed by atoms with E-state index in [2.05, 4.69) is 41.7 Å². The lowest BCUT2D eigenvalue weighted by Gasteiger charge is -2.49. The van der Waals surface area contributed by atoms with Gasteiger partial charge < -0.3 is 10.1 Å². The van der Waals surface area contributed by atoms with Gasteiger partial charge in [-0.25, -0.2) is 5.06 Å². The summed E-state index contributed by atoms with van der Waals surface area (Å²) >= 11 is 1.67. The molecule has 8 heteroatoms. The molecule has 0 aliphatic carbocycles. The average Bonchev–Trinajstić information content (AvgIpc) is 2.93. The van der Waals surface area contributed by atoms with Crippen LogP contribution in [0.5, 0.6) is 0 Å². The fraction of sp³-hybridized carbons (Fsp3) is 0.276. The van der Waals surface area contributed by atoms with Crippen molar-refractivity contribution < 1.29 is 24.0 Å². The maximum Gasteiger partial charge on any atom is 0.303 e. The number of hydroxylamine groups is 2. The molecule has 0 spiro atoms. The Hall–Kier alpha value is -3.62. The molecule has 3 aromatic rings. The first-order chi connectivity index (χ1) is 18.0. The van der Waals surface area contributed by atoms with Crippen LogP contribution in [0.4, 0.5) is 0 Å². The molecule has 2 saturated heterocycles. The summed E-state index contributed by atoms with van der Waals surface area (Å²) in [6, 6.07) is 30.2. The van der Waals surface area contributed by atoms with Gasteiger partial charge in [0.05, 0.1) is 23.1 Å². The number of β-lactam (4-membered cyclic amide) rings is 2. The van der Waals surface area contributed by atoms with Gasteiger partial charge in [0.15, 0.2) is 0 Å². The Labute approximate surface area is 220 Å². The van der Waals surface area contributed by atoms with E-state index in [-0.39, 0.29) is 11.3 Å². The molecule has 2 aliphatic rings. The Bertz CT molecular complexity index is 1170. The number of nitrogens with zero attached hydrogens (tertiary/aromatic N) is 1. The predicted molar refractivity (Wildman–Crippen MR) is 140 cm³/mol. The van der Waals surface area contributed by atoms with Crippen LogP contribution in [0.25, 0.3) is 0 Å². The van der Waals surface area contributed by atoms with Crippen LogP contribution >= 0.6 is 11.8 Å². The summed E-state index contributed by atoms with van der Waals surface area (Å²) in [4.78, 5) is 42.0. The zero-order valence-corrected chi connectivity index (χ0v) is 21.4. The summed E-state index contributed by atoms with van der Waals surface area (Å²) in [6.45, 7) is 1.27. The van der Waals surface area contributed by atoms with E-state index in [0.29, 0.717) is 6.42 Å². The van der Waals surface area contributed by atoms with E-state index in [0.717, 1.165) is 16.7 Å². The zero-order chi connectivity index (χ0) is 26.0. The minimum atomic E-state index is -0.946. The van der Waals surface area contributed by atoms with Crippen LogP contribution in [-0.4, -0.2) is 47.5 Å². The van der Waals surface area contributed by atoms with Gasteiger partial charge in [-0.05, 0) is 23.1 Å². The molecule has 2 aliphatic heterocycles. The first-order valence-electron chi connectivity index (χ1n) is 12.1. The summed E-state index contributed by atoms with van der Waals surface area (Å²) in [7, 11) is 1.40. The molecule has 1 N–H and O–H groups in total. The van der Waals surface area contributed by atoms with Crippen molar-refractivity contribution in [1.82, 2.24) is 10.4 Å². The van der Waals surface area contributed by atoms with Crippen LogP contribution in [0.3, 0.4) is 0 Å². The van der Waals surface area contributed by atoms with Crippen LogP contribution in [0.2, 0.25) is 0 Å². The highest BCUT2D eigenvalue weighted by Gasteiger charge is 2.56. The summed E-state index contributed by atoms with van der Waals surface area (Å²) < 4.78 is 4.64. The van der Waals surface area contributed by atoms with E-state index in [1.54, 1.807) is 11.8 Å². The summed E-state index contributed by atoms with van der Waals surface area (Å²) in [5.74, 6) is -1.47. The standard InChI is InChI=1S/C29H28N2O5S/c1-19(32)36-25-24(31(35-2)28(25)34)18-23-26(33)30-27(23)37-29(20-12-6-3-7-13-20,21-14-8-4-9-15-21)22-16-10-5-11-17-22/h3-17,23-25,27H,18H2,1-2H3,(H,30,33)/t23-,24+,25?,27+/m0/s1. The van der Waals surface area contributed by atoms with Gasteiger partial charge in [0.2, 0.25) is 12.0 Å². The number of amides is 2. The highest BCUT2D eigenvalue weighted by Crippen LogP contribution is 2.53. The molecular weight excluding hydrogens is 488 g/mol. The van der Waals surface area contributed by atoms with Crippen molar-refractivity contribution in [1.29, 1.82) is 0 Å². The second-order valence-corrected chi connectivity index (χ2v) is 10.5. The molecule has 5 rings (SSSR count). The molecule has 37 heavy (non-hydrogen) atoms. The number of carbonyl (C=O) groups is 3. The number of thioether (sulfide) groups is 1. The fourth-order valence-electron chi connectivity index (χ4n) is 5.15. The largest absolute Gasteiger partial charge is 0.450 e. The lowest BCUT2D eigenvalue weighted by molar-refractivity contribution is -0.250. The SMILES string of the molecule is CON1C(=O)C(OC(C)=O)[C@H]1C[C@H]1C(=O)N[C@@H]1SC(c1ccccc1)(c1ccccc1)c1ccccc1. The molecule has 2 amide bonds. The first kappa shape index (κ1) is 25.0. The van der Waals surface area contributed by atoms with Crippen molar-refractivity contribution in [2.45, 2.75) is 35.6 Å². The predicted octanol–water partition coefficient (Wildman–Crippen LogP) is 3.88. The van der Waals surface area contributed by atoms with Crippen molar-refractivity contribution in [3.05, 3.63) is 108 Å². The Balaban J connectivity index is 1.51. The van der Waals surface area contributed by atoms with Crippen LogP contribution in [0.1, 0.15) is 30.0 Å². The van der Waals surface area contributed by atoms with E-state index < -0.39 is 34.7 Å². The Morgan fingerprint density at radius 2 is 1.38 bits per heavy atom. The minimum Gasteiger partial charge on any atom is -0.450 e. The maximum absolute atomic E-state index is 12.8. The van der Waals surface area contributed by atoms with E-state index in [9.17, 15) is 14.4 Å². The number of hydrogen-bond donors (Lipinski definition) is 1. The van der Waals surface area contributed by atoms with E-state index in [4.69, 9.17) is 9.57 Å². The molecule has 0 aromatic heterocycles. The number of carbonyl (C=O) groups excluding carboxylic acids is 3. The third-order valence-electron chi connectivity index (χ3n) is 6.93. The topological polar surface area (TPSA) is 84.9 Å². The fourth-order valence-corrected chi connectivity index (χ4v) is 6.92. The lowest BCUT2D eigenvalue weighted by Crippen LogP contribution is -2.68. The van der Waals surface area contributed by atoms with Gasteiger partial charge in [-0.3, -0.25) is 19.2 Å². The van der Waals surface area contributed by atoms with Crippen LogP contribution in [0.15, 0.2) is 91.0 Å². The van der Waals surface area contributed by atoms with Crippen molar-refractivity contribution in [3.8, 4) is 0 Å². The second-order valence-electron chi connectivity index (χ2n) is 9.11. The Kier molecular flexibility index (Phi) is 7.04. The van der Waals surface area contributed by atoms with Crippen molar-refractivity contribution in [3.63, 3.8) is 0 Å². The van der Waals surface area contributed by atoms with E-state index in [1.807, 2.05) is 54.6 Å². The zero-order valence-electron chi connectivity index (χ0n) is 20.6. The molecule has 0 saturated carbocycles. The second kappa shape index (κ2) is 10.4. The smallest absolute Gasteiger partial charge is 0.303 e. The van der Waals surface area contributed by atoms with E-state index in [1.165, 1.54) is 19.1 Å². The first-order valence-corrected chi connectivity index (χ1v) is 13.0. The molecule has 1 unspecified atom stereocenters. The molecule has 0 bridgehead atoms. The maximum atomic E-state index is 12.8. The lowest BCUT2D eigenvalue weighted by atomic mass is 9.84. The highest BCUT2D eigenvalue weighted by molar-refractivity contribution is 8.01. The Morgan fingerprint density at radius 1 is 0.892 bits per heavy atom. The van der Waals surface area contributed by atoms with Gasteiger partial charge >= 0.3 is 5.97 Å². The van der Waals surface area contributed by atoms with Crippen molar-refractivity contribution >= 4 is 29.5 Å². The number of esters is 1. The van der Waals surface area contributed by atoms with Gasteiger partial charge in [-0.15, -0.1) is 11.8 Å². The number of benzene rings is 3. The van der Waals surface area contributed by atoms with Gasteiger partial charge in [0.25, 0.3) is 5.91 Å².